The molecule has 0 radical (unpaired) electrons. The van der Waals surface area contributed by atoms with Crippen LogP contribution in [0.5, 0.6) is 0 Å². The molecule has 2 N–H and O–H groups in total. The fourth-order valence-electron chi connectivity index (χ4n) is 2.43. The second-order valence-electron chi connectivity index (χ2n) is 5.15. The molecule has 2 heteroatoms. The Bertz CT molecular complexity index is 531. The molecule has 0 saturated carbocycles. The molecular formula is C18H24N2. The van der Waals surface area contributed by atoms with Crippen LogP contribution in [-0.2, 0) is 13.0 Å². The van der Waals surface area contributed by atoms with Gasteiger partial charge < -0.3 is 10.6 Å². The number of hydrogen-bond donors (Lipinski definition) is 1. The SMILES string of the molecule is CCCN(Cc1ccc(CC)cc1)c1ccccc1N. The van der Waals surface area contributed by atoms with Gasteiger partial charge in [0, 0.05) is 13.1 Å². The highest BCUT2D eigenvalue weighted by Gasteiger charge is 2.09. The minimum atomic E-state index is 0.853. The molecule has 0 amide bonds. The second kappa shape index (κ2) is 6.99. The van der Waals surface area contributed by atoms with Crippen molar-refractivity contribution in [3.05, 3.63) is 59.7 Å². The van der Waals surface area contributed by atoms with Crippen LogP contribution in [0, 0.1) is 0 Å². The molecule has 2 nitrogen and oxygen atoms in total. The summed E-state index contributed by atoms with van der Waals surface area (Å²) < 4.78 is 0. The summed E-state index contributed by atoms with van der Waals surface area (Å²) in [5.41, 5.74) is 10.8. The van der Waals surface area contributed by atoms with Crippen LogP contribution in [0.2, 0.25) is 0 Å². The van der Waals surface area contributed by atoms with Crippen LogP contribution < -0.4 is 10.6 Å². The summed E-state index contributed by atoms with van der Waals surface area (Å²) in [4.78, 5) is 2.36. The van der Waals surface area contributed by atoms with E-state index >= 15 is 0 Å². The molecule has 2 aromatic carbocycles. The van der Waals surface area contributed by atoms with Gasteiger partial charge in [-0.25, -0.2) is 0 Å². The molecule has 0 aliphatic carbocycles. The molecule has 0 aliphatic heterocycles. The lowest BCUT2D eigenvalue weighted by molar-refractivity contribution is 0.768. The quantitative estimate of drug-likeness (QED) is 0.794. The molecule has 0 unspecified atom stereocenters. The van der Waals surface area contributed by atoms with Crippen LogP contribution >= 0.6 is 0 Å². The zero-order valence-electron chi connectivity index (χ0n) is 12.5. The highest BCUT2D eigenvalue weighted by molar-refractivity contribution is 5.67. The molecular weight excluding hydrogens is 244 g/mol. The van der Waals surface area contributed by atoms with Gasteiger partial charge in [0.2, 0.25) is 0 Å². The second-order valence-corrected chi connectivity index (χ2v) is 5.15. The fraction of sp³-hybridized carbons (Fsp3) is 0.333. The maximum Gasteiger partial charge on any atom is 0.0602 e. The van der Waals surface area contributed by atoms with Crippen molar-refractivity contribution in [1.82, 2.24) is 0 Å². The number of hydrogen-bond acceptors (Lipinski definition) is 2. The molecule has 0 atom stereocenters. The fourth-order valence-corrected chi connectivity index (χ4v) is 2.43. The van der Waals surface area contributed by atoms with Crippen LogP contribution in [-0.4, -0.2) is 6.54 Å². The van der Waals surface area contributed by atoms with Crippen molar-refractivity contribution < 1.29 is 0 Å². The van der Waals surface area contributed by atoms with Crippen LogP contribution in [0.15, 0.2) is 48.5 Å². The maximum absolute atomic E-state index is 6.11. The third kappa shape index (κ3) is 3.53. The zero-order valence-corrected chi connectivity index (χ0v) is 12.5. The highest BCUT2D eigenvalue weighted by atomic mass is 15.1. The van der Waals surface area contributed by atoms with E-state index in [-0.39, 0.29) is 0 Å². The summed E-state index contributed by atoms with van der Waals surface area (Å²) >= 11 is 0. The Morgan fingerprint density at radius 3 is 2.15 bits per heavy atom. The maximum atomic E-state index is 6.11. The molecule has 0 aromatic heterocycles. The number of aryl methyl sites for hydroxylation is 1. The van der Waals surface area contributed by atoms with E-state index < -0.39 is 0 Å². The number of anilines is 2. The van der Waals surface area contributed by atoms with Crippen LogP contribution in [0.3, 0.4) is 0 Å². The molecule has 0 spiro atoms. The van der Waals surface area contributed by atoms with Crippen LogP contribution in [0.4, 0.5) is 11.4 Å². The Balaban J connectivity index is 2.18. The van der Waals surface area contributed by atoms with Crippen molar-refractivity contribution in [1.29, 1.82) is 0 Å². The normalized spacial score (nSPS) is 10.5. The summed E-state index contributed by atoms with van der Waals surface area (Å²) in [5, 5.41) is 0. The Labute approximate surface area is 122 Å². The first-order chi connectivity index (χ1) is 9.74. The van der Waals surface area contributed by atoms with Gasteiger partial charge in [-0.3, -0.25) is 0 Å². The predicted molar refractivity (Wildman–Crippen MR) is 88.0 cm³/mol. The van der Waals surface area contributed by atoms with E-state index in [4.69, 9.17) is 5.73 Å². The van der Waals surface area contributed by atoms with E-state index in [1.807, 2.05) is 12.1 Å². The molecule has 0 aliphatic rings. The summed E-state index contributed by atoms with van der Waals surface area (Å²) in [6.45, 7) is 6.31. The lowest BCUT2D eigenvalue weighted by atomic mass is 10.1. The van der Waals surface area contributed by atoms with Crippen LogP contribution in [0.1, 0.15) is 31.4 Å². The average Bonchev–Trinajstić information content (AvgIpc) is 2.48. The Hall–Kier alpha value is -1.96. The molecule has 0 saturated heterocycles. The van der Waals surface area contributed by atoms with Gasteiger partial charge in [-0.2, -0.15) is 0 Å². The zero-order chi connectivity index (χ0) is 14.4. The predicted octanol–water partition coefficient (Wildman–Crippen LogP) is 4.25. The van der Waals surface area contributed by atoms with Crippen molar-refractivity contribution >= 4 is 11.4 Å². The number of nitrogens with two attached hydrogens (primary N) is 1. The molecule has 0 bridgehead atoms. The van der Waals surface area contributed by atoms with Gasteiger partial charge in [0.05, 0.1) is 11.4 Å². The molecule has 0 fully saturated rings. The van der Waals surface area contributed by atoms with Gasteiger partial charge in [-0.15, -0.1) is 0 Å². The Morgan fingerprint density at radius 2 is 1.55 bits per heavy atom. The van der Waals surface area contributed by atoms with Crippen molar-refractivity contribution in [2.75, 3.05) is 17.2 Å². The van der Waals surface area contributed by atoms with Crippen LogP contribution in [0.25, 0.3) is 0 Å². The minimum absolute atomic E-state index is 0.853. The lowest BCUT2D eigenvalue weighted by Crippen LogP contribution is -2.24. The third-order valence-corrected chi connectivity index (χ3v) is 3.58. The van der Waals surface area contributed by atoms with E-state index in [9.17, 15) is 0 Å². The van der Waals surface area contributed by atoms with Gasteiger partial charge in [0.15, 0.2) is 0 Å². The van der Waals surface area contributed by atoms with Crippen molar-refractivity contribution in [3.8, 4) is 0 Å². The van der Waals surface area contributed by atoms with Gasteiger partial charge in [-0.1, -0.05) is 50.2 Å². The van der Waals surface area contributed by atoms with E-state index in [2.05, 4.69) is 55.1 Å². The minimum Gasteiger partial charge on any atom is -0.397 e. The van der Waals surface area contributed by atoms with Crippen molar-refractivity contribution in [3.63, 3.8) is 0 Å². The third-order valence-electron chi connectivity index (χ3n) is 3.58. The molecule has 2 rings (SSSR count). The van der Waals surface area contributed by atoms with Crippen molar-refractivity contribution in [2.24, 2.45) is 0 Å². The summed E-state index contributed by atoms with van der Waals surface area (Å²) in [7, 11) is 0. The smallest absolute Gasteiger partial charge is 0.0602 e. The summed E-state index contributed by atoms with van der Waals surface area (Å²) in [6, 6.07) is 17.0. The van der Waals surface area contributed by atoms with E-state index in [1.165, 1.54) is 11.1 Å². The topological polar surface area (TPSA) is 29.3 Å². The first kappa shape index (κ1) is 14.4. The number of nitrogen functional groups attached to an aromatic ring is 1. The average molecular weight is 268 g/mol. The van der Waals surface area contributed by atoms with E-state index in [0.29, 0.717) is 0 Å². The van der Waals surface area contributed by atoms with Gasteiger partial charge in [0.1, 0.15) is 0 Å². The lowest BCUT2D eigenvalue weighted by Gasteiger charge is -2.26. The first-order valence-electron chi connectivity index (χ1n) is 7.41. The van der Waals surface area contributed by atoms with Crippen molar-refractivity contribution in [2.45, 2.75) is 33.2 Å². The first-order valence-corrected chi connectivity index (χ1v) is 7.41. The number of rotatable bonds is 6. The van der Waals surface area contributed by atoms with Gasteiger partial charge in [-0.05, 0) is 36.1 Å². The molecule has 20 heavy (non-hydrogen) atoms. The Morgan fingerprint density at radius 1 is 0.900 bits per heavy atom. The van der Waals surface area contributed by atoms with Gasteiger partial charge >= 0.3 is 0 Å². The van der Waals surface area contributed by atoms with Gasteiger partial charge in [0.25, 0.3) is 0 Å². The molecule has 2 aromatic rings. The summed E-state index contributed by atoms with van der Waals surface area (Å²) in [5.74, 6) is 0. The number of para-hydroxylation sites is 2. The Kier molecular flexibility index (Phi) is 5.05. The summed E-state index contributed by atoms with van der Waals surface area (Å²) in [6.07, 6.45) is 2.20. The molecule has 106 valence electrons. The van der Waals surface area contributed by atoms with E-state index in [1.54, 1.807) is 0 Å². The monoisotopic (exact) mass is 268 g/mol. The largest absolute Gasteiger partial charge is 0.397 e. The highest BCUT2D eigenvalue weighted by Crippen LogP contribution is 2.24. The molecule has 0 heterocycles. The standard InChI is InChI=1S/C18H24N2/c1-3-13-20(18-8-6-5-7-17(18)19)14-16-11-9-15(4-2)10-12-16/h5-12H,3-4,13-14,19H2,1-2H3. The number of benzene rings is 2. The number of nitrogens with zero attached hydrogens (tertiary/aromatic N) is 1. The van der Waals surface area contributed by atoms with E-state index in [0.717, 1.165) is 37.3 Å².